The fourth-order valence-electron chi connectivity index (χ4n) is 2.90. The number of hydrogen-bond donors (Lipinski definition) is 3. The van der Waals surface area contributed by atoms with E-state index in [0.29, 0.717) is 18.4 Å². The Balaban J connectivity index is 1.62. The van der Waals surface area contributed by atoms with Crippen LogP contribution in [0.1, 0.15) is 28.0 Å². The van der Waals surface area contributed by atoms with Gasteiger partial charge in [-0.1, -0.05) is 48.5 Å². The number of rotatable bonds is 6. The highest BCUT2D eigenvalue weighted by atomic mass is 16.2. The summed E-state index contributed by atoms with van der Waals surface area (Å²) in [5, 5.41) is 5.12. The molecular formula is C20H20N4O2. The van der Waals surface area contributed by atoms with E-state index in [1.165, 1.54) is 0 Å². The first-order valence-corrected chi connectivity index (χ1v) is 8.33. The number of aryl methyl sites for hydroxylation is 1. The summed E-state index contributed by atoms with van der Waals surface area (Å²) in [6.45, 7) is 0.180. The van der Waals surface area contributed by atoms with E-state index in [0.717, 1.165) is 16.3 Å². The van der Waals surface area contributed by atoms with E-state index in [4.69, 9.17) is 11.5 Å². The van der Waals surface area contributed by atoms with Gasteiger partial charge in [-0.25, -0.2) is 4.98 Å². The van der Waals surface area contributed by atoms with Crippen molar-refractivity contribution in [3.05, 3.63) is 71.4 Å². The van der Waals surface area contributed by atoms with Crippen molar-refractivity contribution in [3.8, 4) is 0 Å². The van der Waals surface area contributed by atoms with Crippen LogP contribution in [-0.2, 0) is 17.8 Å². The highest BCUT2D eigenvalue weighted by Gasteiger charge is 2.12. The van der Waals surface area contributed by atoms with Crippen LogP contribution in [0.3, 0.4) is 0 Å². The molecule has 0 bridgehead atoms. The molecule has 0 unspecified atom stereocenters. The lowest BCUT2D eigenvalue weighted by atomic mass is 10.0. The van der Waals surface area contributed by atoms with Crippen LogP contribution in [0.5, 0.6) is 0 Å². The summed E-state index contributed by atoms with van der Waals surface area (Å²) in [5.41, 5.74) is 12.6. The maximum Gasteiger partial charge on any atom is 0.267 e. The molecule has 26 heavy (non-hydrogen) atoms. The second-order valence-electron chi connectivity index (χ2n) is 6.02. The highest BCUT2D eigenvalue weighted by molar-refractivity contribution is 5.93. The van der Waals surface area contributed by atoms with Crippen LogP contribution in [0.4, 0.5) is 5.82 Å². The Morgan fingerprint density at radius 1 is 0.962 bits per heavy atom. The number of primary amides is 1. The number of nitrogens with zero attached hydrogens (tertiary/aromatic N) is 1. The summed E-state index contributed by atoms with van der Waals surface area (Å²) in [6, 6.07) is 17.4. The Morgan fingerprint density at radius 3 is 2.54 bits per heavy atom. The van der Waals surface area contributed by atoms with E-state index in [1.54, 1.807) is 12.1 Å². The summed E-state index contributed by atoms with van der Waals surface area (Å²) < 4.78 is 0. The smallest absolute Gasteiger partial charge is 0.267 e. The lowest BCUT2D eigenvalue weighted by Gasteiger charge is -2.10. The van der Waals surface area contributed by atoms with Crippen molar-refractivity contribution in [1.82, 2.24) is 10.3 Å². The molecule has 3 aromatic rings. The summed E-state index contributed by atoms with van der Waals surface area (Å²) in [7, 11) is 0. The fourth-order valence-corrected chi connectivity index (χ4v) is 2.90. The number of aromatic nitrogens is 1. The summed E-state index contributed by atoms with van der Waals surface area (Å²) in [5.74, 6) is -0.563. The maximum absolute atomic E-state index is 12.2. The minimum atomic E-state index is -0.669. The lowest BCUT2D eigenvalue weighted by Crippen LogP contribution is -2.26. The van der Waals surface area contributed by atoms with Gasteiger partial charge >= 0.3 is 0 Å². The van der Waals surface area contributed by atoms with E-state index in [2.05, 4.69) is 28.5 Å². The van der Waals surface area contributed by atoms with Crippen molar-refractivity contribution in [1.29, 1.82) is 0 Å². The van der Waals surface area contributed by atoms with E-state index in [1.807, 2.05) is 24.3 Å². The van der Waals surface area contributed by atoms with Crippen LogP contribution in [0.2, 0.25) is 0 Å². The van der Waals surface area contributed by atoms with Gasteiger partial charge in [0.05, 0.1) is 0 Å². The molecule has 0 aliphatic rings. The maximum atomic E-state index is 12.2. The van der Waals surface area contributed by atoms with Gasteiger partial charge in [-0.05, 0) is 28.8 Å². The van der Waals surface area contributed by atoms with Gasteiger partial charge in [0.1, 0.15) is 11.5 Å². The van der Waals surface area contributed by atoms with Crippen molar-refractivity contribution in [2.75, 3.05) is 5.73 Å². The van der Waals surface area contributed by atoms with Crippen LogP contribution in [-0.4, -0.2) is 16.8 Å². The Hall–Kier alpha value is -3.41. The molecule has 6 heteroatoms. The van der Waals surface area contributed by atoms with Gasteiger partial charge in [0.2, 0.25) is 5.91 Å². The Morgan fingerprint density at radius 2 is 1.73 bits per heavy atom. The quantitative estimate of drug-likeness (QED) is 0.634. The number of fused-ring (bicyclic) bond motifs is 1. The number of anilines is 1. The molecule has 0 saturated carbocycles. The molecule has 0 aliphatic carbocycles. The number of pyridine rings is 1. The van der Waals surface area contributed by atoms with Crippen LogP contribution < -0.4 is 16.8 Å². The van der Waals surface area contributed by atoms with Crippen molar-refractivity contribution in [2.24, 2.45) is 5.73 Å². The molecule has 2 aromatic carbocycles. The van der Waals surface area contributed by atoms with Crippen LogP contribution in [0, 0.1) is 0 Å². The molecular weight excluding hydrogens is 328 g/mol. The molecule has 0 spiro atoms. The molecule has 0 radical (unpaired) electrons. The van der Waals surface area contributed by atoms with Gasteiger partial charge < -0.3 is 16.8 Å². The third-order valence-corrected chi connectivity index (χ3v) is 4.21. The SMILES string of the molecule is NC(=O)c1nc(N)ccc1CNC(=O)CCc1cccc2ccccc12. The third kappa shape index (κ3) is 3.97. The monoisotopic (exact) mass is 348 g/mol. The highest BCUT2D eigenvalue weighted by Crippen LogP contribution is 2.19. The van der Waals surface area contributed by atoms with Crippen LogP contribution in [0.25, 0.3) is 10.8 Å². The Labute approximate surface area is 151 Å². The number of benzene rings is 2. The molecule has 1 aromatic heterocycles. The Bertz CT molecular complexity index is 964. The standard InChI is InChI=1S/C20H20N4O2/c21-17-10-8-15(19(24-17)20(22)26)12-23-18(25)11-9-14-6-3-5-13-4-1-2-7-16(13)14/h1-8,10H,9,11-12H2,(H2,21,24)(H2,22,26)(H,23,25). The van der Waals surface area contributed by atoms with Gasteiger partial charge in [-0.2, -0.15) is 0 Å². The normalized spacial score (nSPS) is 10.6. The molecule has 2 amide bonds. The largest absolute Gasteiger partial charge is 0.384 e. The first kappa shape index (κ1) is 17.4. The predicted octanol–water partition coefficient (Wildman–Crippen LogP) is 2.16. The zero-order valence-electron chi connectivity index (χ0n) is 14.2. The minimum absolute atomic E-state index is 0.0827. The number of carbonyl (C=O) groups is 2. The zero-order chi connectivity index (χ0) is 18.5. The molecule has 5 N–H and O–H groups in total. The number of nitrogen functional groups attached to an aromatic ring is 1. The van der Waals surface area contributed by atoms with Crippen molar-refractivity contribution in [2.45, 2.75) is 19.4 Å². The molecule has 0 saturated heterocycles. The molecule has 0 aliphatic heterocycles. The number of carbonyl (C=O) groups excluding carboxylic acids is 2. The molecule has 0 atom stereocenters. The van der Waals surface area contributed by atoms with Gasteiger partial charge in [0.25, 0.3) is 5.91 Å². The minimum Gasteiger partial charge on any atom is -0.384 e. The van der Waals surface area contributed by atoms with Gasteiger partial charge in [0.15, 0.2) is 0 Å². The molecule has 0 fully saturated rings. The summed E-state index contributed by atoms with van der Waals surface area (Å²) >= 11 is 0. The molecule has 3 rings (SSSR count). The zero-order valence-corrected chi connectivity index (χ0v) is 14.2. The predicted molar refractivity (Wildman–Crippen MR) is 101 cm³/mol. The number of nitrogens with two attached hydrogens (primary N) is 2. The van der Waals surface area contributed by atoms with Crippen LogP contribution >= 0.6 is 0 Å². The average molecular weight is 348 g/mol. The topological polar surface area (TPSA) is 111 Å². The molecule has 132 valence electrons. The van der Waals surface area contributed by atoms with Gasteiger partial charge in [-0.15, -0.1) is 0 Å². The van der Waals surface area contributed by atoms with Crippen molar-refractivity contribution < 1.29 is 9.59 Å². The number of hydrogen-bond acceptors (Lipinski definition) is 4. The first-order chi connectivity index (χ1) is 12.5. The van der Waals surface area contributed by atoms with Crippen molar-refractivity contribution in [3.63, 3.8) is 0 Å². The van der Waals surface area contributed by atoms with E-state index < -0.39 is 5.91 Å². The summed E-state index contributed by atoms with van der Waals surface area (Å²) in [4.78, 5) is 27.6. The average Bonchev–Trinajstić information content (AvgIpc) is 2.65. The third-order valence-electron chi connectivity index (χ3n) is 4.21. The number of amides is 2. The first-order valence-electron chi connectivity index (χ1n) is 8.33. The van der Waals surface area contributed by atoms with Crippen molar-refractivity contribution >= 4 is 28.4 Å². The summed E-state index contributed by atoms with van der Waals surface area (Å²) in [6.07, 6.45) is 0.984. The van der Waals surface area contributed by atoms with E-state index >= 15 is 0 Å². The lowest BCUT2D eigenvalue weighted by molar-refractivity contribution is -0.121. The number of nitrogens with one attached hydrogen (secondary N) is 1. The second kappa shape index (κ2) is 7.65. The van der Waals surface area contributed by atoms with E-state index in [9.17, 15) is 9.59 Å². The van der Waals surface area contributed by atoms with Gasteiger partial charge in [0, 0.05) is 18.5 Å². The molecule has 1 heterocycles. The van der Waals surface area contributed by atoms with Gasteiger partial charge in [-0.3, -0.25) is 9.59 Å². The molecule has 6 nitrogen and oxygen atoms in total. The van der Waals surface area contributed by atoms with E-state index in [-0.39, 0.29) is 24.0 Å². The Kier molecular flexibility index (Phi) is 5.12. The van der Waals surface area contributed by atoms with Crippen LogP contribution in [0.15, 0.2) is 54.6 Å². The fraction of sp³-hybridized carbons (Fsp3) is 0.150. The second-order valence-corrected chi connectivity index (χ2v) is 6.02.